The molecule has 94 valence electrons. The van der Waals surface area contributed by atoms with Gasteiger partial charge in [0.1, 0.15) is 6.61 Å². The van der Waals surface area contributed by atoms with Gasteiger partial charge in [-0.25, -0.2) is 0 Å². The molecule has 0 saturated heterocycles. The molecule has 0 spiro atoms. The Bertz CT molecular complexity index is 405. The molecule has 1 aromatic rings. The molecule has 17 heavy (non-hydrogen) atoms. The van der Waals surface area contributed by atoms with E-state index >= 15 is 0 Å². The molecule has 0 fully saturated rings. The van der Waals surface area contributed by atoms with Gasteiger partial charge in [0.05, 0.1) is 4.99 Å². The Hall–Kier alpha value is -1.47. The molecule has 1 aromatic heterocycles. The zero-order valence-corrected chi connectivity index (χ0v) is 10.5. The fraction of sp³-hybridized carbons (Fsp3) is 0.500. The molecule has 1 amide bonds. The van der Waals surface area contributed by atoms with Crippen molar-refractivity contribution in [2.24, 2.45) is 5.73 Å². The first-order valence-electron chi connectivity index (χ1n) is 5.06. The molecule has 1 unspecified atom stereocenters. The molecule has 0 radical (unpaired) electrons. The van der Waals surface area contributed by atoms with E-state index in [-0.39, 0.29) is 24.2 Å². The van der Waals surface area contributed by atoms with Crippen molar-refractivity contribution in [3.05, 3.63) is 17.5 Å². The Morgan fingerprint density at radius 2 is 2.47 bits per heavy atom. The lowest BCUT2D eigenvalue weighted by Gasteiger charge is -2.11. The fourth-order valence-electron chi connectivity index (χ4n) is 1.28. The van der Waals surface area contributed by atoms with Crippen LogP contribution in [0.1, 0.15) is 29.6 Å². The molecular weight excluding hydrogens is 242 g/mol. The predicted octanol–water partition coefficient (Wildman–Crippen LogP) is 0.615. The SMILES string of the molecule is COCc1cc(C(=O)NC(C)CC(N)=S)no1. The Morgan fingerprint density at radius 1 is 1.76 bits per heavy atom. The molecule has 0 aliphatic rings. The van der Waals surface area contributed by atoms with E-state index in [2.05, 4.69) is 10.5 Å². The maximum atomic E-state index is 11.7. The molecule has 7 heteroatoms. The molecular formula is C10H15N3O3S. The van der Waals surface area contributed by atoms with Gasteiger partial charge in [0.25, 0.3) is 5.91 Å². The predicted molar refractivity (Wildman–Crippen MR) is 65.5 cm³/mol. The van der Waals surface area contributed by atoms with Gasteiger partial charge in [-0.05, 0) is 6.92 Å². The standard InChI is InChI=1S/C10H15N3O3S/c1-6(3-9(11)17)12-10(14)8-4-7(5-15-2)16-13-8/h4,6H,3,5H2,1-2H3,(H2,11,17)(H,12,14). The maximum Gasteiger partial charge on any atom is 0.273 e. The number of ether oxygens (including phenoxy) is 1. The van der Waals surface area contributed by atoms with Crippen molar-refractivity contribution in [3.8, 4) is 0 Å². The topological polar surface area (TPSA) is 90.4 Å². The maximum absolute atomic E-state index is 11.7. The van der Waals surface area contributed by atoms with Crippen LogP contribution in [0, 0.1) is 0 Å². The zero-order chi connectivity index (χ0) is 12.8. The molecule has 6 nitrogen and oxygen atoms in total. The van der Waals surface area contributed by atoms with Crippen LogP contribution in [0.3, 0.4) is 0 Å². The number of amides is 1. The summed E-state index contributed by atoms with van der Waals surface area (Å²) in [5, 5.41) is 6.35. The number of nitrogens with two attached hydrogens (primary N) is 1. The molecule has 0 aliphatic heterocycles. The number of nitrogens with one attached hydrogen (secondary N) is 1. The third-order valence-corrected chi connectivity index (χ3v) is 2.13. The molecule has 0 saturated carbocycles. The lowest BCUT2D eigenvalue weighted by Crippen LogP contribution is -2.35. The summed E-state index contributed by atoms with van der Waals surface area (Å²) >= 11 is 4.76. The lowest BCUT2D eigenvalue weighted by molar-refractivity contribution is 0.0931. The molecule has 0 bridgehead atoms. The smallest absolute Gasteiger partial charge is 0.273 e. The van der Waals surface area contributed by atoms with Crippen molar-refractivity contribution in [1.82, 2.24) is 10.5 Å². The summed E-state index contributed by atoms with van der Waals surface area (Å²) in [5.74, 6) is 0.180. The summed E-state index contributed by atoms with van der Waals surface area (Å²) < 4.78 is 9.76. The highest BCUT2D eigenvalue weighted by Crippen LogP contribution is 2.05. The van der Waals surface area contributed by atoms with Crippen molar-refractivity contribution in [2.45, 2.75) is 26.0 Å². The average molecular weight is 257 g/mol. The second-order valence-corrected chi connectivity index (χ2v) is 4.18. The van der Waals surface area contributed by atoms with Crippen LogP contribution in [-0.2, 0) is 11.3 Å². The van der Waals surface area contributed by atoms with Crippen LogP contribution in [0.4, 0.5) is 0 Å². The van der Waals surface area contributed by atoms with Crippen LogP contribution in [0.5, 0.6) is 0 Å². The van der Waals surface area contributed by atoms with E-state index in [0.717, 1.165) is 0 Å². The van der Waals surface area contributed by atoms with Crippen LogP contribution in [0.25, 0.3) is 0 Å². The highest BCUT2D eigenvalue weighted by molar-refractivity contribution is 7.80. The van der Waals surface area contributed by atoms with E-state index in [1.165, 1.54) is 13.2 Å². The Labute approximate surface area is 104 Å². The van der Waals surface area contributed by atoms with Gasteiger partial charge in [0, 0.05) is 25.6 Å². The van der Waals surface area contributed by atoms with Gasteiger partial charge < -0.3 is 20.3 Å². The summed E-state index contributed by atoms with van der Waals surface area (Å²) in [6, 6.07) is 1.40. The largest absolute Gasteiger partial charge is 0.393 e. The van der Waals surface area contributed by atoms with Crippen molar-refractivity contribution in [3.63, 3.8) is 0 Å². The number of carbonyl (C=O) groups excluding carboxylic acids is 1. The van der Waals surface area contributed by atoms with Crippen LogP contribution >= 0.6 is 12.2 Å². The van der Waals surface area contributed by atoms with E-state index in [0.29, 0.717) is 17.2 Å². The second-order valence-electron chi connectivity index (χ2n) is 3.66. The van der Waals surface area contributed by atoms with Crippen molar-refractivity contribution in [1.29, 1.82) is 0 Å². The van der Waals surface area contributed by atoms with E-state index in [4.69, 9.17) is 27.2 Å². The van der Waals surface area contributed by atoms with Gasteiger partial charge in [0.2, 0.25) is 0 Å². The molecule has 1 rings (SSSR count). The monoisotopic (exact) mass is 257 g/mol. The molecule has 3 N–H and O–H groups in total. The fourth-order valence-corrected chi connectivity index (χ4v) is 1.53. The third-order valence-electron chi connectivity index (χ3n) is 1.96. The quantitative estimate of drug-likeness (QED) is 0.726. The minimum absolute atomic E-state index is 0.137. The minimum atomic E-state index is -0.320. The van der Waals surface area contributed by atoms with Crippen LogP contribution < -0.4 is 11.1 Å². The van der Waals surface area contributed by atoms with Gasteiger partial charge in [0.15, 0.2) is 11.5 Å². The molecule has 1 atom stereocenters. The first-order chi connectivity index (χ1) is 8.02. The first-order valence-corrected chi connectivity index (χ1v) is 5.47. The molecule has 0 aliphatic carbocycles. The summed E-state index contributed by atoms with van der Waals surface area (Å²) in [6.07, 6.45) is 0.448. The van der Waals surface area contributed by atoms with Crippen molar-refractivity contribution >= 4 is 23.1 Å². The van der Waals surface area contributed by atoms with Gasteiger partial charge in [-0.1, -0.05) is 17.4 Å². The number of thiocarbonyl (C=S) groups is 1. The minimum Gasteiger partial charge on any atom is -0.393 e. The van der Waals surface area contributed by atoms with Crippen molar-refractivity contribution < 1.29 is 14.1 Å². The number of carbonyl (C=O) groups is 1. The molecule has 1 heterocycles. The van der Waals surface area contributed by atoms with Gasteiger partial charge in [-0.3, -0.25) is 4.79 Å². The Kier molecular flexibility index (Phi) is 5.05. The Morgan fingerprint density at radius 3 is 3.06 bits per heavy atom. The number of hydrogen-bond acceptors (Lipinski definition) is 5. The van der Waals surface area contributed by atoms with E-state index in [1.807, 2.05) is 6.92 Å². The van der Waals surface area contributed by atoms with E-state index < -0.39 is 0 Å². The average Bonchev–Trinajstić information content (AvgIpc) is 2.65. The number of hydrogen-bond donors (Lipinski definition) is 2. The summed E-state index contributed by atoms with van der Waals surface area (Å²) in [4.78, 5) is 12.1. The number of aromatic nitrogens is 1. The summed E-state index contributed by atoms with van der Waals surface area (Å²) in [5.41, 5.74) is 5.60. The van der Waals surface area contributed by atoms with Gasteiger partial charge >= 0.3 is 0 Å². The van der Waals surface area contributed by atoms with Gasteiger partial charge in [-0.2, -0.15) is 0 Å². The van der Waals surface area contributed by atoms with Crippen molar-refractivity contribution in [2.75, 3.05) is 7.11 Å². The lowest BCUT2D eigenvalue weighted by atomic mass is 10.2. The van der Waals surface area contributed by atoms with E-state index in [9.17, 15) is 4.79 Å². The normalized spacial score (nSPS) is 12.1. The summed E-state index contributed by atoms with van der Waals surface area (Å²) in [7, 11) is 1.53. The number of nitrogens with zero attached hydrogens (tertiary/aromatic N) is 1. The first kappa shape index (κ1) is 13.6. The van der Waals surface area contributed by atoms with Crippen LogP contribution in [0.2, 0.25) is 0 Å². The highest BCUT2D eigenvalue weighted by atomic mass is 32.1. The molecule has 0 aromatic carbocycles. The Balaban J connectivity index is 2.54. The van der Waals surface area contributed by atoms with Crippen LogP contribution in [-0.4, -0.2) is 29.2 Å². The van der Waals surface area contributed by atoms with Crippen LogP contribution in [0.15, 0.2) is 10.6 Å². The second kappa shape index (κ2) is 6.31. The third kappa shape index (κ3) is 4.49. The highest BCUT2D eigenvalue weighted by Gasteiger charge is 2.15. The van der Waals surface area contributed by atoms with Gasteiger partial charge in [-0.15, -0.1) is 0 Å². The number of rotatable bonds is 6. The summed E-state index contributed by atoms with van der Waals surface area (Å²) in [6.45, 7) is 2.09. The van der Waals surface area contributed by atoms with E-state index in [1.54, 1.807) is 0 Å². The number of methoxy groups -OCH3 is 1. The zero-order valence-electron chi connectivity index (χ0n) is 9.73.